The average Bonchev–Trinajstić information content (AvgIpc) is 2.27. The third-order valence-corrected chi connectivity index (χ3v) is 4.58. The standard InChI is InChI=1S/C11H20IN3O/c1-13-6-7-14(9-11(13)16)8-10-2-4-15(12)5-3-10/h10H,2-9H2,1H3. The van der Waals surface area contributed by atoms with E-state index >= 15 is 0 Å². The Bertz CT molecular complexity index is 254. The van der Waals surface area contributed by atoms with Gasteiger partial charge in [0.15, 0.2) is 0 Å². The largest absolute Gasteiger partial charge is 0.343 e. The van der Waals surface area contributed by atoms with Gasteiger partial charge in [-0.2, -0.15) is 0 Å². The van der Waals surface area contributed by atoms with Crippen molar-refractivity contribution in [2.24, 2.45) is 5.92 Å². The highest BCUT2D eigenvalue weighted by molar-refractivity contribution is 14.1. The minimum atomic E-state index is 0.276. The number of hydrogen-bond acceptors (Lipinski definition) is 3. The first-order valence-corrected chi connectivity index (χ1v) is 6.98. The zero-order valence-electron chi connectivity index (χ0n) is 9.86. The molecule has 2 heterocycles. The lowest BCUT2D eigenvalue weighted by molar-refractivity contribution is -0.134. The van der Waals surface area contributed by atoms with Crippen LogP contribution in [0.2, 0.25) is 0 Å². The fourth-order valence-electron chi connectivity index (χ4n) is 2.41. The Morgan fingerprint density at radius 2 is 1.94 bits per heavy atom. The smallest absolute Gasteiger partial charge is 0.236 e. The highest BCUT2D eigenvalue weighted by Gasteiger charge is 2.25. The summed E-state index contributed by atoms with van der Waals surface area (Å²) in [5.74, 6) is 1.07. The van der Waals surface area contributed by atoms with Gasteiger partial charge in [0.05, 0.1) is 6.54 Å². The Labute approximate surface area is 111 Å². The topological polar surface area (TPSA) is 26.8 Å². The number of nitrogens with zero attached hydrogens (tertiary/aromatic N) is 3. The Morgan fingerprint density at radius 3 is 2.56 bits per heavy atom. The first-order valence-electron chi connectivity index (χ1n) is 6.02. The Hall–Kier alpha value is 0.120. The molecule has 0 unspecified atom stereocenters. The molecular weight excluding hydrogens is 317 g/mol. The average molecular weight is 337 g/mol. The van der Waals surface area contributed by atoms with E-state index in [0.29, 0.717) is 6.54 Å². The summed E-state index contributed by atoms with van der Waals surface area (Å²) in [6.45, 7) is 6.08. The summed E-state index contributed by atoms with van der Waals surface area (Å²) < 4.78 is 2.36. The maximum absolute atomic E-state index is 11.6. The van der Waals surface area contributed by atoms with Gasteiger partial charge in [-0.25, -0.2) is 3.11 Å². The van der Waals surface area contributed by atoms with Crippen molar-refractivity contribution in [2.75, 3.05) is 46.3 Å². The molecule has 2 aliphatic rings. The first-order chi connectivity index (χ1) is 7.65. The first kappa shape index (κ1) is 12.6. The van der Waals surface area contributed by atoms with Gasteiger partial charge < -0.3 is 4.90 Å². The molecule has 16 heavy (non-hydrogen) atoms. The molecule has 2 fully saturated rings. The molecule has 0 aromatic heterocycles. The number of rotatable bonds is 2. The van der Waals surface area contributed by atoms with Crippen LogP contribution in [0.4, 0.5) is 0 Å². The second-order valence-corrected chi connectivity index (χ2v) is 6.27. The molecule has 1 amide bonds. The van der Waals surface area contributed by atoms with Crippen molar-refractivity contribution in [2.45, 2.75) is 12.8 Å². The van der Waals surface area contributed by atoms with E-state index < -0.39 is 0 Å². The molecule has 5 heteroatoms. The van der Waals surface area contributed by atoms with Crippen LogP contribution in [0.3, 0.4) is 0 Å². The van der Waals surface area contributed by atoms with Crippen LogP contribution in [0.15, 0.2) is 0 Å². The number of carbonyl (C=O) groups is 1. The molecule has 0 aromatic carbocycles. The van der Waals surface area contributed by atoms with Crippen LogP contribution < -0.4 is 0 Å². The summed E-state index contributed by atoms with van der Waals surface area (Å²) in [6.07, 6.45) is 2.56. The normalized spacial score (nSPS) is 26.4. The van der Waals surface area contributed by atoms with Crippen molar-refractivity contribution in [3.8, 4) is 0 Å². The van der Waals surface area contributed by atoms with Crippen LogP contribution in [0, 0.1) is 5.92 Å². The monoisotopic (exact) mass is 337 g/mol. The van der Waals surface area contributed by atoms with E-state index in [4.69, 9.17) is 0 Å². The third kappa shape index (κ3) is 3.30. The molecule has 0 bridgehead atoms. The van der Waals surface area contributed by atoms with Crippen LogP contribution in [0.1, 0.15) is 12.8 Å². The van der Waals surface area contributed by atoms with Gasteiger partial charge >= 0.3 is 0 Å². The van der Waals surface area contributed by atoms with Gasteiger partial charge in [0.25, 0.3) is 0 Å². The van der Waals surface area contributed by atoms with Crippen molar-refractivity contribution in [1.82, 2.24) is 12.9 Å². The Morgan fingerprint density at radius 1 is 1.25 bits per heavy atom. The van der Waals surface area contributed by atoms with Crippen LogP contribution in [-0.2, 0) is 4.79 Å². The maximum Gasteiger partial charge on any atom is 0.236 e. The lowest BCUT2D eigenvalue weighted by atomic mass is 9.97. The second kappa shape index (κ2) is 5.64. The highest BCUT2D eigenvalue weighted by Crippen LogP contribution is 2.21. The van der Waals surface area contributed by atoms with E-state index in [-0.39, 0.29) is 5.91 Å². The van der Waals surface area contributed by atoms with Crippen molar-refractivity contribution >= 4 is 28.8 Å². The van der Waals surface area contributed by atoms with E-state index in [9.17, 15) is 4.79 Å². The Kier molecular flexibility index (Phi) is 4.43. The molecule has 0 spiro atoms. The lowest BCUT2D eigenvalue weighted by Gasteiger charge is -2.36. The fraction of sp³-hybridized carbons (Fsp3) is 0.909. The van der Waals surface area contributed by atoms with Crippen molar-refractivity contribution in [3.05, 3.63) is 0 Å². The van der Waals surface area contributed by atoms with Crippen LogP contribution in [0.5, 0.6) is 0 Å². The molecule has 0 saturated carbocycles. The van der Waals surface area contributed by atoms with Gasteiger partial charge in [0.2, 0.25) is 5.91 Å². The molecule has 0 radical (unpaired) electrons. The van der Waals surface area contributed by atoms with E-state index in [0.717, 1.165) is 25.6 Å². The summed E-state index contributed by atoms with van der Waals surface area (Å²) in [5, 5.41) is 0. The molecule has 4 nitrogen and oxygen atoms in total. The summed E-state index contributed by atoms with van der Waals surface area (Å²) >= 11 is 2.40. The summed E-state index contributed by atoms with van der Waals surface area (Å²) in [5.41, 5.74) is 0. The molecule has 2 rings (SSSR count). The quantitative estimate of drug-likeness (QED) is 0.552. The molecule has 92 valence electrons. The molecule has 0 atom stereocenters. The molecule has 0 aromatic rings. The Balaban J connectivity index is 1.75. The van der Waals surface area contributed by atoms with E-state index in [1.54, 1.807) is 0 Å². The number of amides is 1. The van der Waals surface area contributed by atoms with Gasteiger partial charge in [0.1, 0.15) is 0 Å². The predicted octanol–water partition coefficient (Wildman–Crippen LogP) is 0.822. The summed E-state index contributed by atoms with van der Waals surface area (Å²) in [7, 11) is 1.90. The number of likely N-dealkylation sites (N-methyl/N-ethyl adjacent to an activating group) is 1. The number of piperazine rings is 1. The molecular formula is C11H20IN3O. The SMILES string of the molecule is CN1CCN(CC2CCN(I)CC2)CC1=O. The van der Waals surface area contributed by atoms with Crippen molar-refractivity contribution in [1.29, 1.82) is 0 Å². The highest BCUT2D eigenvalue weighted by atomic mass is 127. The van der Waals surface area contributed by atoms with E-state index in [1.807, 2.05) is 11.9 Å². The zero-order chi connectivity index (χ0) is 11.5. The van der Waals surface area contributed by atoms with Gasteiger partial charge in [-0.15, -0.1) is 0 Å². The van der Waals surface area contributed by atoms with Crippen LogP contribution >= 0.6 is 22.9 Å². The van der Waals surface area contributed by atoms with Crippen molar-refractivity contribution in [3.63, 3.8) is 0 Å². The van der Waals surface area contributed by atoms with Crippen LogP contribution in [0.25, 0.3) is 0 Å². The third-order valence-electron chi connectivity index (χ3n) is 3.61. The van der Waals surface area contributed by atoms with Gasteiger partial charge in [-0.1, -0.05) is 0 Å². The van der Waals surface area contributed by atoms with Gasteiger partial charge in [-0.3, -0.25) is 9.69 Å². The molecule has 0 aliphatic carbocycles. The molecule has 2 aliphatic heterocycles. The number of carbonyl (C=O) groups excluding carboxylic acids is 1. The summed E-state index contributed by atoms with van der Waals surface area (Å²) in [6, 6.07) is 0. The van der Waals surface area contributed by atoms with E-state index in [1.165, 1.54) is 25.9 Å². The molecule has 0 N–H and O–H groups in total. The van der Waals surface area contributed by atoms with Gasteiger partial charge in [-0.05, 0) is 18.8 Å². The maximum atomic E-state index is 11.6. The summed E-state index contributed by atoms with van der Waals surface area (Å²) in [4.78, 5) is 15.7. The fourth-order valence-corrected chi connectivity index (χ4v) is 2.97. The minimum absolute atomic E-state index is 0.276. The number of hydrogen-bond donors (Lipinski definition) is 0. The second-order valence-electron chi connectivity index (χ2n) is 4.90. The predicted molar refractivity (Wildman–Crippen MR) is 72.4 cm³/mol. The zero-order valence-corrected chi connectivity index (χ0v) is 12.0. The number of halogens is 1. The van der Waals surface area contributed by atoms with Gasteiger partial charge in [0, 0.05) is 62.6 Å². The van der Waals surface area contributed by atoms with Crippen LogP contribution in [-0.4, -0.2) is 65.1 Å². The number of piperidine rings is 1. The molecule has 2 saturated heterocycles. The van der Waals surface area contributed by atoms with Crippen molar-refractivity contribution < 1.29 is 4.79 Å². The minimum Gasteiger partial charge on any atom is -0.343 e. The van der Waals surface area contributed by atoms with E-state index in [2.05, 4.69) is 30.9 Å². The lowest BCUT2D eigenvalue weighted by Crippen LogP contribution is -2.50.